The minimum atomic E-state index is 0.127. The van der Waals surface area contributed by atoms with E-state index in [1.807, 2.05) is 0 Å². The van der Waals surface area contributed by atoms with Crippen LogP contribution < -0.4 is 5.73 Å². The summed E-state index contributed by atoms with van der Waals surface area (Å²) < 4.78 is 0. The maximum atomic E-state index is 8.01. The van der Waals surface area contributed by atoms with Crippen LogP contribution in [-0.4, -0.2) is 6.54 Å². The molecular weight excluding hydrogens is 200 g/mol. The average molecular weight is 207 g/mol. The van der Waals surface area contributed by atoms with Crippen molar-refractivity contribution < 1.29 is 0 Å². The first kappa shape index (κ1) is 10.3. The average Bonchev–Trinajstić information content (AvgIpc) is 2.18. The van der Waals surface area contributed by atoms with E-state index in [4.69, 9.17) is 22.9 Å². The Kier molecular flexibility index (Phi) is 3.69. The van der Waals surface area contributed by atoms with Gasteiger partial charge in [-0.15, -0.1) is 0 Å². The summed E-state index contributed by atoms with van der Waals surface area (Å²) >= 11 is 5.75. The molecule has 5 heteroatoms. The highest BCUT2D eigenvalue weighted by molar-refractivity contribution is 6.30. The number of rotatable bonds is 1. The van der Waals surface area contributed by atoms with Crippen LogP contribution in [-0.2, 0) is 0 Å². The number of benzene rings is 1. The van der Waals surface area contributed by atoms with Gasteiger partial charge in [0.05, 0.1) is 6.54 Å². The number of nitrogens with two attached hydrogens (primary N) is 1. The lowest BCUT2D eigenvalue weighted by molar-refractivity contribution is 1.25. The number of azide groups is 1. The third kappa shape index (κ3) is 2.91. The molecule has 0 aromatic heterocycles. The molecule has 4 nitrogen and oxygen atoms in total. The summed E-state index contributed by atoms with van der Waals surface area (Å²) in [5, 5.41) is 3.85. The lowest BCUT2D eigenvalue weighted by atomic mass is 10.2. The maximum absolute atomic E-state index is 8.01. The lowest BCUT2D eigenvalue weighted by Crippen LogP contribution is -1.89. The number of nitrogens with zero attached hydrogens (tertiary/aromatic N) is 3. The van der Waals surface area contributed by atoms with Gasteiger partial charge in [0.25, 0.3) is 0 Å². The predicted molar refractivity (Wildman–Crippen MR) is 56.8 cm³/mol. The van der Waals surface area contributed by atoms with E-state index >= 15 is 0 Å². The van der Waals surface area contributed by atoms with Crippen molar-refractivity contribution in [1.29, 1.82) is 0 Å². The zero-order valence-electron chi connectivity index (χ0n) is 7.24. The number of hydrogen-bond acceptors (Lipinski definition) is 2. The topological polar surface area (TPSA) is 74.8 Å². The SMILES string of the molecule is [N-]=[N+]=NCC#Cc1cc(Cl)ccc1N. The number of halogens is 1. The third-order valence-corrected chi connectivity index (χ3v) is 1.69. The summed E-state index contributed by atoms with van der Waals surface area (Å²) in [6.07, 6.45) is 0. The second-order valence-corrected chi connectivity index (χ2v) is 2.86. The van der Waals surface area contributed by atoms with Crippen LogP contribution in [0.15, 0.2) is 23.3 Å². The van der Waals surface area contributed by atoms with Gasteiger partial charge in [-0.1, -0.05) is 28.6 Å². The fourth-order valence-corrected chi connectivity index (χ4v) is 1.01. The zero-order chi connectivity index (χ0) is 10.4. The van der Waals surface area contributed by atoms with Gasteiger partial charge in [-0.2, -0.15) is 0 Å². The monoisotopic (exact) mass is 206 g/mol. The van der Waals surface area contributed by atoms with Crippen LogP contribution in [0, 0.1) is 11.8 Å². The van der Waals surface area contributed by atoms with E-state index < -0.39 is 0 Å². The van der Waals surface area contributed by atoms with Crippen LogP contribution in [0.25, 0.3) is 10.4 Å². The molecule has 1 aromatic carbocycles. The van der Waals surface area contributed by atoms with Crippen molar-refractivity contribution in [2.24, 2.45) is 5.11 Å². The highest BCUT2D eigenvalue weighted by Crippen LogP contribution is 2.16. The quantitative estimate of drug-likeness (QED) is 0.248. The summed E-state index contributed by atoms with van der Waals surface area (Å²) in [6, 6.07) is 5.04. The van der Waals surface area contributed by atoms with E-state index in [9.17, 15) is 0 Å². The van der Waals surface area contributed by atoms with Crippen molar-refractivity contribution in [3.63, 3.8) is 0 Å². The first-order valence-electron chi connectivity index (χ1n) is 3.79. The molecule has 0 heterocycles. The molecule has 0 aliphatic carbocycles. The number of anilines is 1. The molecule has 2 N–H and O–H groups in total. The van der Waals surface area contributed by atoms with Gasteiger partial charge in [0.1, 0.15) is 0 Å². The van der Waals surface area contributed by atoms with Crippen molar-refractivity contribution in [3.05, 3.63) is 39.2 Å². The Bertz CT molecular complexity index is 438. The second-order valence-electron chi connectivity index (χ2n) is 2.42. The molecule has 1 rings (SSSR count). The minimum absolute atomic E-state index is 0.127. The van der Waals surface area contributed by atoms with Gasteiger partial charge in [0.15, 0.2) is 0 Å². The second kappa shape index (κ2) is 5.03. The van der Waals surface area contributed by atoms with Crippen LogP contribution in [0.3, 0.4) is 0 Å². The fourth-order valence-electron chi connectivity index (χ4n) is 0.838. The Balaban J connectivity index is 2.88. The summed E-state index contributed by atoms with van der Waals surface area (Å²) in [7, 11) is 0. The summed E-state index contributed by atoms with van der Waals surface area (Å²) in [5.41, 5.74) is 14.8. The smallest absolute Gasteiger partial charge is 0.0880 e. The van der Waals surface area contributed by atoms with Crippen LogP contribution in [0.4, 0.5) is 5.69 Å². The standard InChI is InChI=1S/C9H7ClN4/c10-8-3-4-9(11)7(6-8)2-1-5-13-14-12/h3-4,6H,5,11H2. The Morgan fingerprint density at radius 1 is 1.57 bits per heavy atom. The summed E-state index contributed by atoms with van der Waals surface area (Å²) in [5.74, 6) is 5.43. The molecule has 0 atom stereocenters. The highest BCUT2D eigenvalue weighted by Gasteiger charge is 1.95. The Morgan fingerprint density at radius 2 is 2.36 bits per heavy atom. The fraction of sp³-hybridized carbons (Fsp3) is 0.111. The minimum Gasteiger partial charge on any atom is -0.398 e. The predicted octanol–water partition coefficient (Wildman–Crippen LogP) is 2.58. The maximum Gasteiger partial charge on any atom is 0.0880 e. The molecule has 14 heavy (non-hydrogen) atoms. The van der Waals surface area contributed by atoms with E-state index in [0.717, 1.165) is 0 Å². The van der Waals surface area contributed by atoms with Crippen molar-refractivity contribution in [3.8, 4) is 11.8 Å². The van der Waals surface area contributed by atoms with Gasteiger partial charge in [0, 0.05) is 21.2 Å². The molecule has 0 saturated heterocycles. The molecule has 0 amide bonds. The van der Waals surface area contributed by atoms with Crippen LogP contribution in [0.2, 0.25) is 5.02 Å². The van der Waals surface area contributed by atoms with Crippen LogP contribution in [0.5, 0.6) is 0 Å². The van der Waals surface area contributed by atoms with E-state index in [0.29, 0.717) is 16.3 Å². The third-order valence-electron chi connectivity index (χ3n) is 1.45. The number of hydrogen-bond donors (Lipinski definition) is 1. The van der Waals surface area contributed by atoms with Crippen LogP contribution in [0.1, 0.15) is 5.56 Å². The molecule has 0 bridgehead atoms. The molecule has 0 radical (unpaired) electrons. The van der Waals surface area contributed by atoms with Gasteiger partial charge >= 0.3 is 0 Å². The highest BCUT2D eigenvalue weighted by atomic mass is 35.5. The molecule has 0 aliphatic heterocycles. The number of nitrogen functional groups attached to an aromatic ring is 1. The van der Waals surface area contributed by atoms with Gasteiger partial charge < -0.3 is 5.73 Å². The van der Waals surface area contributed by atoms with Crippen LogP contribution >= 0.6 is 11.6 Å². The Labute approximate surface area is 86.3 Å². The largest absolute Gasteiger partial charge is 0.398 e. The van der Waals surface area contributed by atoms with E-state index in [1.54, 1.807) is 18.2 Å². The van der Waals surface area contributed by atoms with Crippen molar-refractivity contribution in [1.82, 2.24) is 0 Å². The van der Waals surface area contributed by atoms with Gasteiger partial charge in [-0.05, 0) is 23.7 Å². The molecule has 70 valence electrons. The summed E-state index contributed by atoms with van der Waals surface area (Å²) in [4.78, 5) is 2.57. The van der Waals surface area contributed by atoms with E-state index in [1.165, 1.54) is 0 Å². The molecule has 0 unspecified atom stereocenters. The normalized spacial score (nSPS) is 8.36. The first-order chi connectivity index (χ1) is 6.74. The van der Waals surface area contributed by atoms with E-state index in [-0.39, 0.29) is 6.54 Å². The van der Waals surface area contributed by atoms with Crippen molar-refractivity contribution >= 4 is 17.3 Å². The molecule has 0 saturated carbocycles. The first-order valence-corrected chi connectivity index (χ1v) is 4.16. The lowest BCUT2D eigenvalue weighted by Gasteiger charge is -1.97. The molecular formula is C9H7ClN4. The molecule has 0 aliphatic rings. The van der Waals surface area contributed by atoms with Crippen molar-refractivity contribution in [2.45, 2.75) is 0 Å². The van der Waals surface area contributed by atoms with Gasteiger partial charge in [-0.25, -0.2) is 0 Å². The zero-order valence-corrected chi connectivity index (χ0v) is 7.99. The summed E-state index contributed by atoms with van der Waals surface area (Å²) in [6.45, 7) is 0.127. The van der Waals surface area contributed by atoms with E-state index in [2.05, 4.69) is 21.9 Å². The Morgan fingerprint density at radius 3 is 3.07 bits per heavy atom. The molecule has 0 spiro atoms. The van der Waals surface area contributed by atoms with Gasteiger partial charge in [0.2, 0.25) is 0 Å². The van der Waals surface area contributed by atoms with Crippen molar-refractivity contribution in [2.75, 3.05) is 12.3 Å². The van der Waals surface area contributed by atoms with Gasteiger partial charge in [-0.3, -0.25) is 0 Å². The molecule has 1 aromatic rings. The molecule has 0 fully saturated rings. The Hall–Kier alpha value is -1.82.